The number of carbonyl (C=O) groups is 1. The normalized spacial score (nSPS) is 13.6. The van der Waals surface area contributed by atoms with Gasteiger partial charge in [0.15, 0.2) is 0 Å². The number of fused-ring (bicyclic) bond motifs is 1. The van der Waals surface area contributed by atoms with E-state index in [1.807, 2.05) is 19.2 Å². The van der Waals surface area contributed by atoms with Crippen molar-refractivity contribution in [2.24, 2.45) is 0 Å². The van der Waals surface area contributed by atoms with Crippen LogP contribution in [0.15, 0.2) is 30.6 Å². The van der Waals surface area contributed by atoms with Crippen LogP contribution in [0.4, 0.5) is 0 Å². The van der Waals surface area contributed by atoms with E-state index in [9.17, 15) is 4.79 Å². The lowest BCUT2D eigenvalue weighted by Gasteiger charge is -2.18. The maximum atomic E-state index is 11.9. The number of halogens is 1. The van der Waals surface area contributed by atoms with Gasteiger partial charge in [-0.1, -0.05) is 18.5 Å². The van der Waals surface area contributed by atoms with Gasteiger partial charge in [-0.3, -0.25) is 9.78 Å². The molecule has 0 saturated heterocycles. The number of aryl methyl sites for hydroxylation is 1. The standard InChI is InChI=1S/C24H29ClN4O2/c1-3-19-10-11-22-24(16-12-17(25)14-26-13-16)20(6-5-7-23(30)31-4-2)21(28-29(19)22)15-27-18-8-9-18/h10-14,18,27H,3-9,15H2,1-2H3. The van der Waals surface area contributed by atoms with E-state index in [0.717, 1.165) is 46.4 Å². The molecule has 1 saturated carbocycles. The Kier molecular flexibility index (Phi) is 6.88. The number of aromatic nitrogens is 3. The molecule has 0 amide bonds. The molecule has 0 aliphatic heterocycles. The smallest absolute Gasteiger partial charge is 0.305 e. The van der Waals surface area contributed by atoms with E-state index in [0.29, 0.717) is 37.1 Å². The summed E-state index contributed by atoms with van der Waals surface area (Å²) in [4.78, 5) is 16.2. The van der Waals surface area contributed by atoms with Crippen molar-refractivity contribution in [1.82, 2.24) is 19.9 Å². The number of carbonyl (C=O) groups excluding carboxylic acids is 1. The number of rotatable bonds is 10. The van der Waals surface area contributed by atoms with E-state index in [1.54, 1.807) is 6.20 Å². The van der Waals surface area contributed by atoms with E-state index in [-0.39, 0.29) is 5.97 Å². The van der Waals surface area contributed by atoms with Crippen molar-refractivity contribution < 1.29 is 9.53 Å². The first-order valence-electron chi connectivity index (χ1n) is 11.1. The Balaban J connectivity index is 1.79. The minimum atomic E-state index is -0.156. The fourth-order valence-corrected chi connectivity index (χ4v) is 4.15. The van der Waals surface area contributed by atoms with Gasteiger partial charge in [-0.15, -0.1) is 0 Å². The molecule has 0 bridgehead atoms. The van der Waals surface area contributed by atoms with Crippen LogP contribution in [-0.2, 0) is 28.9 Å². The summed E-state index contributed by atoms with van der Waals surface area (Å²) in [6, 6.07) is 6.78. The molecule has 0 unspecified atom stereocenters. The molecular weight excluding hydrogens is 412 g/mol. The molecule has 0 aromatic carbocycles. The Morgan fingerprint density at radius 3 is 2.84 bits per heavy atom. The number of ether oxygens (including phenoxy) is 1. The van der Waals surface area contributed by atoms with Gasteiger partial charge in [0.2, 0.25) is 0 Å². The average Bonchev–Trinajstić information content (AvgIpc) is 3.50. The Labute approximate surface area is 188 Å². The van der Waals surface area contributed by atoms with Crippen molar-refractivity contribution in [1.29, 1.82) is 0 Å². The van der Waals surface area contributed by atoms with Gasteiger partial charge in [0, 0.05) is 48.2 Å². The largest absolute Gasteiger partial charge is 0.466 e. The van der Waals surface area contributed by atoms with Gasteiger partial charge in [-0.25, -0.2) is 4.52 Å². The molecule has 1 fully saturated rings. The van der Waals surface area contributed by atoms with Gasteiger partial charge >= 0.3 is 5.97 Å². The van der Waals surface area contributed by atoms with Gasteiger partial charge < -0.3 is 10.1 Å². The highest BCUT2D eigenvalue weighted by Crippen LogP contribution is 2.34. The molecule has 3 heterocycles. The van der Waals surface area contributed by atoms with Crippen LogP contribution in [-0.4, -0.2) is 33.2 Å². The van der Waals surface area contributed by atoms with E-state index in [1.165, 1.54) is 12.8 Å². The van der Waals surface area contributed by atoms with Gasteiger partial charge in [0.1, 0.15) is 0 Å². The zero-order valence-electron chi connectivity index (χ0n) is 18.2. The molecule has 4 rings (SSSR count). The number of nitrogens with zero attached hydrogens (tertiary/aromatic N) is 3. The van der Waals surface area contributed by atoms with Crippen LogP contribution in [0, 0.1) is 0 Å². The molecule has 0 spiro atoms. The molecule has 1 N–H and O–H groups in total. The van der Waals surface area contributed by atoms with Crippen LogP contribution in [0.1, 0.15) is 56.5 Å². The molecule has 1 aliphatic rings. The monoisotopic (exact) mass is 440 g/mol. The van der Waals surface area contributed by atoms with Crippen LogP contribution >= 0.6 is 11.6 Å². The van der Waals surface area contributed by atoms with E-state index >= 15 is 0 Å². The molecule has 0 radical (unpaired) electrons. The Morgan fingerprint density at radius 2 is 2.13 bits per heavy atom. The maximum absolute atomic E-state index is 11.9. The zero-order valence-corrected chi connectivity index (χ0v) is 18.9. The molecule has 31 heavy (non-hydrogen) atoms. The van der Waals surface area contributed by atoms with E-state index in [4.69, 9.17) is 21.4 Å². The third-order valence-corrected chi connectivity index (χ3v) is 5.87. The van der Waals surface area contributed by atoms with Crippen LogP contribution in [0.2, 0.25) is 5.02 Å². The molecule has 3 aromatic heterocycles. The van der Waals surface area contributed by atoms with Crippen molar-refractivity contribution in [3.63, 3.8) is 0 Å². The fraction of sp³-hybridized carbons (Fsp3) is 0.458. The lowest BCUT2D eigenvalue weighted by Crippen LogP contribution is -2.20. The first-order chi connectivity index (χ1) is 15.1. The lowest BCUT2D eigenvalue weighted by molar-refractivity contribution is -0.143. The summed E-state index contributed by atoms with van der Waals surface area (Å²) in [7, 11) is 0. The third kappa shape index (κ3) is 5.08. The summed E-state index contributed by atoms with van der Waals surface area (Å²) in [6.07, 6.45) is 8.66. The summed E-state index contributed by atoms with van der Waals surface area (Å²) in [6.45, 7) is 5.09. The maximum Gasteiger partial charge on any atom is 0.305 e. The number of nitrogens with one attached hydrogen (secondary N) is 1. The van der Waals surface area contributed by atoms with Crippen molar-refractivity contribution >= 4 is 23.1 Å². The quantitative estimate of drug-likeness (QED) is 0.461. The predicted molar refractivity (Wildman–Crippen MR) is 122 cm³/mol. The molecule has 7 heteroatoms. The van der Waals surface area contributed by atoms with Crippen LogP contribution in [0.3, 0.4) is 0 Å². The second-order valence-electron chi connectivity index (χ2n) is 7.98. The minimum Gasteiger partial charge on any atom is -0.466 e. The fourth-order valence-electron chi connectivity index (χ4n) is 3.98. The van der Waals surface area contributed by atoms with Gasteiger partial charge in [0.05, 0.1) is 22.8 Å². The van der Waals surface area contributed by atoms with Gasteiger partial charge in [-0.05, 0) is 62.8 Å². The summed E-state index contributed by atoms with van der Waals surface area (Å²) in [5.41, 5.74) is 6.44. The van der Waals surface area contributed by atoms with Crippen LogP contribution in [0.25, 0.3) is 16.6 Å². The molecule has 1 aliphatic carbocycles. The summed E-state index contributed by atoms with van der Waals surface area (Å²) >= 11 is 6.30. The predicted octanol–water partition coefficient (Wildman–Crippen LogP) is 4.75. The zero-order chi connectivity index (χ0) is 21.8. The third-order valence-electron chi connectivity index (χ3n) is 5.67. The van der Waals surface area contributed by atoms with Crippen LogP contribution in [0.5, 0.6) is 0 Å². The minimum absolute atomic E-state index is 0.156. The summed E-state index contributed by atoms with van der Waals surface area (Å²) in [5.74, 6) is -0.156. The number of esters is 1. The van der Waals surface area contributed by atoms with Crippen molar-refractivity contribution in [2.75, 3.05) is 6.61 Å². The van der Waals surface area contributed by atoms with E-state index in [2.05, 4.69) is 33.9 Å². The van der Waals surface area contributed by atoms with E-state index < -0.39 is 0 Å². The van der Waals surface area contributed by atoms with Gasteiger partial charge in [0.25, 0.3) is 0 Å². The Bertz CT molecular complexity index is 1070. The molecule has 0 atom stereocenters. The molecular formula is C24H29ClN4O2. The first-order valence-corrected chi connectivity index (χ1v) is 11.5. The highest BCUT2D eigenvalue weighted by Gasteiger charge is 2.23. The lowest BCUT2D eigenvalue weighted by atomic mass is 9.95. The first kappa shape index (κ1) is 21.8. The van der Waals surface area contributed by atoms with Crippen molar-refractivity contribution in [3.8, 4) is 11.1 Å². The van der Waals surface area contributed by atoms with Gasteiger partial charge in [-0.2, -0.15) is 5.10 Å². The summed E-state index contributed by atoms with van der Waals surface area (Å²) < 4.78 is 7.17. The number of hydrogen-bond donors (Lipinski definition) is 1. The summed E-state index contributed by atoms with van der Waals surface area (Å²) in [5, 5.41) is 9.24. The number of pyridine rings is 1. The van der Waals surface area contributed by atoms with Crippen molar-refractivity contribution in [2.45, 2.75) is 65.0 Å². The second kappa shape index (κ2) is 9.79. The molecule has 164 valence electrons. The SMILES string of the molecule is CCOC(=O)CCCc1c(CNC2CC2)nn2c(CC)ccc2c1-c1cncc(Cl)c1. The Morgan fingerprint density at radius 1 is 1.29 bits per heavy atom. The molecule has 3 aromatic rings. The number of hydrogen-bond acceptors (Lipinski definition) is 5. The van der Waals surface area contributed by atoms with Crippen molar-refractivity contribution in [3.05, 3.63) is 52.6 Å². The topological polar surface area (TPSA) is 68.5 Å². The van der Waals surface area contributed by atoms with Crippen LogP contribution < -0.4 is 5.32 Å². The Hall–Kier alpha value is -2.44. The highest BCUT2D eigenvalue weighted by molar-refractivity contribution is 6.30. The highest BCUT2D eigenvalue weighted by atomic mass is 35.5. The molecule has 6 nitrogen and oxygen atoms in total. The second-order valence-corrected chi connectivity index (χ2v) is 8.42. The average molecular weight is 441 g/mol.